The average Bonchev–Trinajstić information content (AvgIpc) is 2.76. The van der Waals surface area contributed by atoms with Gasteiger partial charge >= 0.3 is 0 Å². The summed E-state index contributed by atoms with van der Waals surface area (Å²) in [5, 5.41) is 0. The summed E-state index contributed by atoms with van der Waals surface area (Å²) in [7, 11) is 0. The Balaban J connectivity index is 1.18. The van der Waals surface area contributed by atoms with Crippen LogP contribution in [0.3, 0.4) is 0 Å². The molecule has 4 rings (SSSR count). The maximum atomic E-state index is 12.4. The third-order valence-electron chi connectivity index (χ3n) is 5.83. The SMILES string of the molecule is O=C(COc1ccc(OCc2ccccc2)cc1)N1CCN(C(=O)C2CCC2)CC1. The highest BCUT2D eigenvalue weighted by Gasteiger charge is 2.32. The lowest BCUT2D eigenvalue weighted by Crippen LogP contribution is -2.53. The molecule has 158 valence electrons. The second kappa shape index (κ2) is 9.65. The van der Waals surface area contributed by atoms with E-state index in [0.29, 0.717) is 38.5 Å². The molecule has 2 aliphatic rings. The van der Waals surface area contributed by atoms with Crippen molar-refractivity contribution < 1.29 is 19.1 Å². The molecule has 0 N–H and O–H groups in total. The van der Waals surface area contributed by atoms with Crippen LogP contribution in [0.5, 0.6) is 11.5 Å². The molecule has 2 fully saturated rings. The van der Waals surface area contributed by atoms with Crippen molar-refractivity contribution in [2.75, 3.05) is 32.8 Å². The van der Waals surface area contributed by atoms with Crippen LogP contribution in [0.4, 0.5) is 0 Å². The van der Waals surface area contributed by atoms with Gasteiger partial charge in [0.1, 0.15) is 18.1 Å². The molecular formula is C24H28N2O4. The van der Waals surface area contributed by atoms with E-state index < -0.39 is 0 Å². The first kappa shape index (κ1) is 20.3. The molecule has 30 heavy (non-hydrogen) atoms. The van der Waals surface area contributed by atoms with Crippen molar-refractivity contribution in [3.63, 3.8) is 0 Å². The Morgan fingerprint density at radius 1 is 0.800 bits per heavy atom. The molecule has 1 saturated heterocycles. The van der Waals surface area contributed by atoms with Gasteiger partial charge in [0.25, 0.3) is 5.91 Å². The third kappa shape index (κ3) is 5.12. The molecule has 0 atom stereocenters. The van der Waals surface area contributed by atoms with Crippen molar-refractivity contribution in [1.82, 2.24) is 9.80 Å². The summed E-state index contributed by atoms with van der Waals surface area (Å²) >= 11 is 0. The molecule has 1 heterocycles. The average molecular weight is 408 g/mol. The van der Waals surface area contributed by atoms with Gasteiger partial charge < -0.3 is 19.3 Å². The van der Waals surface area contributed by atoms with E-state index in [2.05, 4.69) is 0 Å². The largest absolute Gasteiger partial charge is 0.489 e. The van der Waals surface area contributed by atoms with Gasteiger partial charge in [-0.05, 0) is 42.7 Å². The predicted octanol–water partition coefficient (Wildman–Crippen LogP) is 3.12. The summed E-state index contributed by atoms with van der Waals surface area (Å²) in [6.45, 7) is 2.90. The van der Waals surface area contributed by atoms with Crippen molar-refractivity contribution in [3.8, 4) is 11.5 Å². The highest BCUT2D eigenvalue weighted by atomic mass is 16.5. The molecule has 2 aromatic rings. The standard InChI is InChI=1S/C24H28N2O4/c27-23(25-13-15-26(16-14-25)24(28)20-7-4-8-20)18-30-22-11-9-21(10-12-22)29-17-19-5-2-1-3-6-19/h1-3,5-6,9-12,20H,4,7-8,13-18H2. The van der Waals surface area contributed by atoms with Crippen LogP contribution < -0.4 is 9.47 Å². The number of hydrogen-bond acceptors (Lipinski definition) is 4. The summed E-state index contributed by atoms with van der Waals surface area (Å²) in [4.78, 5) is 28.4. The molecule has 0 bridgehead atoms. The summed E-state index contributed by atoms with van der Waals surface area (Å²) < 4.78 is 11.4. The Hall–Kier alpha value is -3.02. The fourth-order valence-corrected chi connectivity index (χ4v) is 3.70. The lowest BCUT2D eigenvalue weighted by atomic mass is 9.84. The number of rotatable bonds is 7. The molecule has 0 aromatic heterocycles. The van der Waals surface area contributed by atoms with E-state index in [-0.39, 0.29) is 24.3 Å². The van der Waals surface area contributed by atoms with Gasteiger partial charge in [0, 0.05) is 32.1 Å². The van der Waals surface area contributed by atoms with E-state index in [0.717, 1.165) is 30.6 Å². The Morgan fingerprint density at radius 3 is 2.00 bits per heavy atom. The summed E-state index contributed by atoms with van der Waals surface area (Å²) in [6, 6.07) is 17.3. The number of amides is 2. The molecule has 1 aliphatic heterocycles. The van der Waals surface area contributed by atoms with Crippen LogP contribution in [-0.2, 0) is 16.2 Å². The zero-order valence-corrected chi connectivity index (χ0v) is 17.2. The van der Waals surface area contributed by atoms with E-state index >= 15 is 0 Å². The van der Waals surface area contributed by atoms with Gasteiger partial charge in [-0.1, -0.05) is 36.8 Å². The molecule has 6 heteroatoms. The lowest BCUT2D eigenvalue weighted by molar-refractivity contribution is -0.144. The maximum absolute atomic E-state index is 12.4. The first-order chi connectivity index (χ1) is 14.7. The van der Waals surface area contributed by atoms with Crippen LogP contribution in [0.2, 0.25) is 0 Å². The molecule has 2 amide bonds. The highest BCUT2D eigenvalue weighted by molar-refractivity contribution is 5.81. The van der Waals surface area contributed by atoms with Crippen molar-refractivity contribution in [2.45, 2.75) is 25.9 Å². The second-order valence-corrected chi connectivity index (χ2v) is 7.87. The second-order valence-electron chi connectivity index (χ2n) is 7.87. The Kier molecular flexibility index (Phi) is 6.52. The van der Waals surface area contributed by atoms with Crippen LogP contribution in [-0.4, -0.2) is 54.4 Å². The molecular weight excluding hydrogens is 380 g/mol. The van der Waals surface area contributed by atoms with Gasteiger partial charge in [-0.15, -0.1) is 0 Å². The fourth-order valence-electron chi connectivity index (χ4n) is 3.70. The van der Waals surface area contributed by atoms with Gasteiger partial charge in [-0.25, -0.2) is 0 Å². The first-order valence-electron chi connectivity index (χ1n) is 10.7. The fraction of sp³-hybridized carbons (Fsp3) is 0.417. The number of carbonyl (C=O) groups is 2. The van der Waals surface area contributed by atoms with Crippen molar-refractivity contribution in [2.24, 2.45) is 5.92 Å². The van der Waals surface area contributed by atoms with E-state index in [1.165, 1.54) is 0 Å². The third-order valence-corrected chi connectivity index (χ3v) is 5.83. The highest BCUT2D eigenvalue weighted by Crippen LogP contribution is 2.28. The van der Waals surface area contributed by atoms with Gasteiger partial charge in [0.15, 0.2) is 6.61 Å². The lowest BCUT2D eigenvalue weighted by Gasteiger charge is -2.38. The minimum Gasteiger partial charge on any atom is -0.489 e. The molecule has 0 unspecified atom stereocenters. The molecule has 6 nitrogen and oxygen atoms in total. The number of hydrogen-bond donors (Lipinski definition) is 0. The Labute approximate surface area is 177 Å². The number of piperazine rings is 1. The molecule has 2 aromatic carbocycles. The van der Waals surface area contributed by atoms with E-state index in [1.54, 1.807) is 4.90 Å². The van der Waals surface area contributed by atoms with Crippen molar-refractivity contribution in [3.05, 3.63) is 60.2 Å². The van der Waals surface area contributed by atoms with E-state index in [9.17, 15) is 9.59 Å². The monoisotopic (exact) mass is 408 g/mol. The number of benzene rings is 2. The Morgan fingerprint density at radius 2 is 1.40 bits per heavy atom. The van der Waals surface area contributed by atoms with Gasteiger partial charge in [-0.3, -0.25) is 9.59 Å². The zero-order chi connectivity index (χ0) is 20.8. The van der Waals surface area contributed by atoms with Crippen molar-refractivity contribution >= 4 is 11.8 Å². The van der Waals surface area contributed by atoms with Crippen molar-refractivity contribution in [1.29, 1.82) is 0 Å². The van der Waals surface area contributed by atoms with Crippen LogP contribution >= 0.6 is 0 Å². The summed E-state index contributed by atoms with van der Waals surface area (Å²) in [5.41, 5.74) is 1.11. The molecule has 1 aliphatic carbocycles. The van der Waals surface area contributed by atoms with E-state index in [1.807, 2.05) is 59.5 Å². The van der Waals surface area contributed by atoms with Crippen LogP contribution in [0.1, 0.15) is 24.8 Å². The summed E-state index contributed by atoms with van der Waals surface area (Å²) in [5.74, 6) is 1.82. The maximum Gasteiger partial charge on any atom is 0.260 e. The predicted molar refractivity (Wildman–Crippen MR) is 113 cm³/mol. The topological polar surface area (TPSA) is 59.1 Å². The normalized spacial score (nSPS) is 16.7. The number of nitrogens with zero attached hydrogens (tertiary/aromatic N) is 2. The smallest absolute Gasteiger partial charge is 0.260 e. The zero-order valence-electron chi connectivity index (χ0n) is 17.2. The number of ether oxygens (including phenoxy) is 2. The van der Waals surface area contributed by atoms with Crippen LogP contribution in [0.25, 0.3) is 0 Å². The quantitative estimate of drug-likeness (QED) is 0.706. The van der Waals surface area contributed by atoms with E-state index in [4.69, 9.17) is 9.47 Å². The molecule has 1 saturated carbocycles. The minimum atomic E-state index is -0.0462. The molecule has 0 radical (unpaired) electrons. The van der Waals surface area contributed by atoms with Gasteiger partial charge in [-0.2, -0.15) is 0 Å². The van der Waals surface area contributed by atoms with Crippen LogP contribution in [0.15, 0.2) is 54.6 Å². The molecule has 0 spiro atoms. The Bertz CT molecular complexity index is 841. The number of carbonyl (C=O) groups excluding carboxylic acids is 2. The summed E-state index contributed by atoms with van der Waals surface area (Å²) in [6.07, 6.45) is 3.19. The minimum absolute atomic E-state index is 0.000784. The van der Waals surface area contributed by atoms with Crippen LogP contribution in [0, 0.1) is 5.92 Å². The first-order valence-corrected chi connectivity index (χ1v) is 10.7. The van der Waals surface area contributed by atoms with Gasteiger partial charge in [0.05, 0.1) is 0 Å². The van der Waals surface area contributed by atoms with Gasteiger partial charge in [0.2, 0.25) is 5.91 Å².